The number of aryl methyl sites for hydroxylation is 1. The molecule has 2 aliphatic heterocycles. The van der Waals surface area contributed by atoms with Crippen LogP contribution in [0.25, 0.3) is 10.2 Å². The lowest BCUT2D eigenvalue weighted by molar-refractivity contribution is -0.126. The summed E-state index contributed by atoms with van der Waals surface area (Å²) in [6.07, 6.45) is 3.46. The SMILES string of the molecule is Cc1cc2nc(NC(C)c3cncc(F)c3)nc(C(=O)N3CC(NC(=O)[C@@H]4CCOC4)C3)c2s1. The van der Waals surface area contributed by atoms with Crippen LogP contribution in [-0.4, -0.2) is 64.0 Å². The molecule has 11 heteroatoms. The Hall–Kier alpha value is -3.18. The molecule has 2 saturated heterocycles. The number of carbonyl (C=O) groups excluding carboxylic acids is 2. The average Bonchev–Trinajstić information content (AvgIpc) is 3.44. The summed E-state index contributed by atoms with van der Waals surface area (Å²) in [7, 11) is 0. The van der Waals surface area contributed by atoms with Crippen molar-refractivity contribution in [2.45, 2.75) is 32.4 Å². The molecule has 2 atom stereocenters. The number of ether oxygens (including phenoxy) is 1. The number of halogens is 1. The first-order valence-electron chi connectivity index (χ1n) is 11.2. The quantitative estimate of drug-likeness (QED) is 0.554. The predicted octanol–water partition coefficient (Wildman–Crippen LogP) is 2.68. The summed E-state index contributed by atoms with van der Waals surface area (Å²) in [5.41, 5.74) is 1.65. The molecule has 2 N–H and O–H groups in total. The van der Waals surface area contributed by atoms with Crippen LogP contribution in [0, 0.1) is 18.7 Å². The van der Waals surface area contributed by atoms with E-state index in [9.17, 15) is 14.0 Å². The first kappa shape index (κ1) is 22.6. The van der Waals surface area contributed by atoms with Gasteiger partial charge in [-0.15, -0.1) is 11.3 Å². The van der Waals surface area contributed by atoms with Crippen LogP contribution < -0.4 is 10.6 Å². The number of hydrogen-bond acceptors (Lipinski definition) is 8. The second-order valence-corrected chi connectivity index (χ2v) is 10.0. The lowest BCUT2D eigenvalue weighted by atomic mass is 10.0. The Morgan fingerprint density at radius 2 is 2.09 bits per heavy atom. The number of anilines is 1. The Kier molecular flexibility index (Phi) is 6.13. The Balaban J connectivity index is 1.31. The summed E-state index contributed by atoms with van der Waals surface area (Å²) in [5, 5.41) is 6.16. The normalized spacial score (nSPS) is 19.1. The van der Waals surface area contributed by atoms with Gasteiger partial charge in [0.1, 0.15) is 5.82 Å². The van der Waals surface area contributed by atoms with Crippen LogP contribution in [0.2, 0.25) is 0 Å². The number of likely N-dealkylation sites (tertiary alicyclic amines) is 1. The molecule has 0 saturated carbocycles. The van der Waals surface area contributed by atoms with Gasteiger partial charge in [-0.25, -0.2) is 14.4 Å². The third-order valence-electron chi connectivity index (χ3n) is 6.08. The van der Waals surface area contributed by atoms with Crippen molar-refractivity contribution in [2.75, 3.05) is 31.6 Å². The minimum atomic E-state index is -0.424. The number of pyridine rings is 1. The van der Waals surface area contributed by atoms with Crippen molar-refractivity contribution in [1.82, 2.24) is 25.2 Å². The summed E-state index contributed by atoms with van der Waals surface area (Å²) >= 11 is 1.47. The molecule has 9 nitrogen and oxygen atoms in total. The number of aromatic nitrogens is 3. The Labute approximate surface area is 199 Å². The highest BCUT2D eigenvalue weighted by molar-refractivity contribution is 7.19. The second kappa shape index (κ2) is 9.22. The number of fused-ring (bicyclic) bond motifs is 1. The highest BCUT2D eigenvalue weighted by atomic mass is 32.1. The molecule has 2 aliphatic rings. The number of thiophene rings is 1. The Morgan fingerprint density at radius 1 is 1.26 bits per heavy atom. The van der Waals surface area contributed by atoms with Crippen LogP contribution in [0.15, 0.2) is 24.5 Å². The van der Waals surface area contributed by atoms with Crippen LogP contribution in [0.3, 0.4) is 0 Å². The molecule has 5 rings (SSSR count). The van der Waals surface area contributed by atoms with Crippen molar-refractivity contribution >= 4 is 39.3 Å². The fourth-order valence-electron chi connectivity index (χ4n) is 4.15. The molecular weight excluding hydrogens is 459 g/mol. The van der Waals surface area contributed by atoms with Gasteiger partial charge < -0.3 is 20.3 Å². The van der Waals surface area contributed by atoms with E-state index in [0.717, 1.165) is 22.2 Å². The predicted molar refractivity (Wildman–Crippen MR) is 125 cm³/mol. The molecular formula is C23H25FN6O3S. The first-order chi connectivity index (χ1) is 16.4. The van der Waals surface area contributed by atoms with E-state index in [1.54, 1.807) is 11.1 Å². The van der Waals surface area contributed by atoms with E-state index in [1.807, 2.05) is 19.9 Å². The topological polar surface area (TPSA) is 109 Å². The molecule has 2 amide bonds. The van der Waals surface area contributed by atoms with Gasteiger partial charge in [0.2, 0.25) is 11.9 Å². The minimum absolute atomic E-state index is 0.0137. The molecule has 0 bridgehead atoms. The molecule has 3 aromatic heterocycles. The number of rotatable bonds is 6. The van der Waals surface area contributed by atoms with Crippen molar-refractivity contribution < 1.29 is 18.7 Å². The lowest BCUT2D eigenvalue weighted by Crippen LogP contribution is -2.61. The number of amides is 2. The number of carbonyl (C=O) groups is 2. The van der Waals surface area contributed by atoms with Gasteiger partial charge in [-0.2, -0.15) is 0 Å². The van der Waals surface area contributed by atoms with Gasteiger partial charge in [0, 0.05) is 30.8 Å². The second-order valence-electron chi connectivity index (χ2n) is 8.75. The maximum Gasteiger partial charge on any atom is 0.274 e. The lowest BCUT2D eigenvalue weighted by Gasteiger charge is -2.39. The molecule has 0 spiro atoms. The van der Waals surface area contributed by atoms with E-state index in [1.165, 1.54) is 17.4 Å². The number of nitrogens with zero attached hydrogens (tertiary/aromatic N) is 4. The maximum atomic E-state index is 13.6. The van der Waals surface area contributed by atoms with Crippen molar-refractivity contribution in [3.8, 4) is 0 Å². The highest BCUT2D eigenvalue weighted by Gasteiger charge is 2.36. The van der Waals surface area contributed by atoms with Crippen LogP contribution >= 0.6 is 11.3 Å². The minimum Gasteiger partial charge on any atom is -0.381 e. The molecule has 2 fully saturated rings. The van der Waals surface area contributed by atoms with Crippen molar-refractivity contribution in [3.05, 3.63) is 46.5 Å². The monoisotopic (exact) mass is 484 g/mol. The summed E-state index contributed by atoms with van der Waals surface area (Å²) in [6.45, 7) is 5.74. The van der Waals surface area contributed by atoms with Crippen LogP contribution in [-0.2, 0) is 9.53 Å². The summed E-state index contributed by atoms with van der Waals surface area (Å²) in [5.74, 6) is -0.458. The number of nitrogens with one attached hydrogen (secondary N) is 2. The molecule has 0 radical (unpaired) electrons. The highest BCUT2D eigenvalue weighted by Crippen LogP contribution is 2.30. The van der Waals surface area contributed by atoms with E-state index < -0.39 is 5.82 Å². The largest absolute Gasteiger partial charge is 0.381 e. The van der Waals surface area contributed by atoms with Gasteiger partial charge in [-0.3, -0.25) is 14.6 Å². The summed E-state index contributed by atoms with van der Waals surface area (Å²) < 4.78 is 19.6. The van der Waals surface area contributed by atoms with Gasteiger partial charge in [0.25, 0.3) is 5.91 Å². The molecule has 34 heavy (non-hydrogen) atoms. The zero-order chi connectivity index (χ0) is 23.8. The first-order valence-corrected chi connectivity index (χ1v) is 12.0. The summed E-state index contributed by atoms with van der Waals surface area (Å²) in [4.78, 5) is 41.3. The third kappa shape index (κ3) is 4.58. The third-order valence-corrected chi connectivity index (χ3v) is 7.13. The van der Waals surface area contributed by atoms with Crippen LogP contribution in [0.4, 0.5) is 10.3 Å². The molecule has 0 aliphatic carbocycles. The molecule has 3 aromatic rings. The standard InChI is InChI=1S/C23H25FN6O3S/c1-12-5-18-20(34-12)19(29-23(28-18)26-13(2)15-6-16(24)8-25-7-15)22(32)30-9-17(10-30)27-21(31)14-3-4-33-11-14/h5-8,13-14,17H,3-4,9-11H2,1-2H3,(H,27,31)(H,26,28,29)/t13?,14-/m1/s1. The van der Waals surface area contributed by atoms with E-state index in [-0.39, 0.29) is 35.8 Å². The van der Waals surface area contributed by atoms with E-state index in [0.29, 0.717) is 43.1 Å². The fraction of sp³-hybridized carbons (Fsp3) is 0.435. The van der Waals surface area contributed by atoms with Crippen LogP contribution in [0.5, 0.6) is 0 Å². The van der Waals surface area contributed by atoms with Crippen molar-refractivity contribution in [1.29, 1.82) is 0 Å². The van der Waals surface area contributed by atoms with E-state index in [2.05, 4.69) is 25.6 Å². The van der Waals surface area contributed by atoms with Gasteiger partial charge >= 0.3 is 0 Å². The molecule has 5 heterocycles. The maximum absolute atomic E-state index is 13.6. The van der Waals surface area contributed by atoms with Crippen molar-refractivity contribution in [2.24, 2.45) is 5.92 Å². The van der Waals surface area contributed by atoms with Gasteiger partial charge in [-0.1, -0.05) is 0 Å². The molecule has 0 aromatic carbocycles. The van der Waals surface area contributed by atoms with Gasteiger partial charge in [0.15, 0.2) is 5.69 Å². The average molecular weight is 485 g/mol. The molecule has 1 unspecified atom stereocenters. The van der Waals surface area contributed by atoms with E-state index >= 15 is 0 Å². The fourth-order valence-corrected chi connectivity index (χ4v) is 5.08. The summed E-state index contributed by atoms with van der Waals surface area (Å²) in [6, 6.07) is 2.93. The zero-order valence-corrected chi connectivity index (χ0v) is 19.7. The Bertz CT molecular complexity index is 1240. The smallest absolute Gasteiger partial charge is 0.274 e. The van der Waals surface area contributed by atoms with Gasteiger partial charge in [-0.05, 0) is 38.0 Å². The van der Waals surface area contributed by atoms with E-state index in [4.69, 9.17) is 4.74 Å². The Morgan fingerprint density at radius 3 is 2.82 bits per heavy atom. The zero-order valence-electron chi connectivity index (χ0n) is 18.9. The molecule has 178 valence electrons. The van der Waals surface area contributed by atoms with Crippen LogP contribution in [0.1, 0.15) is 40.3 Å². The van der Waals surface area contributed by atoms with Crippen molar-refractivity contribution in [3.63, 3.8) is 0 Å². The van der Waals surface area contributed by atoms with Gasteiger partial charge in [0.05, 0.1) is 41.0 Å². The number of hydrogen-bond donors (Lipinski definition) is 2.